The standard InChI is InChI=1S/C34H38N2O8/c1-22(35-33(41)43-20-25-7-5-4-6-8-25)30(38)19-26(17-23-11-15-28(42-3)16-12-23)32(40)36-29(31(39)34(2)21-44-34)18-24-9-13-27(37)14-10-24/h4-16,22,26,29,37H,17-21H2,1-3H3,(H,35,41)(H,36,40)/t22-,26?,29+,34?/m1/s1. The van der Waals surface area contributed by atoms with Crippen LogP contribution < -0.4 is 15.4 Å². The van der Waals surface area contributed by atoms with E-state index >= 15 is 0 Å². The molecule has 4 rings (SSSR count). The molecule has 0 spiro atoms. The normalized spacial score (nSPS) is 17.4. The largest absolute Gasteiger partial charge is 0.508 e. The summed E-state index contributed by atoms with van der Waals surface area (Å²) in [6, 6.07) is 20.9. The number of aromatic hydroxyl groups is 1. The van der Waals surface area contributed by atoms with Gasteiger partial charge in [0.25, 0.3) is 0 Å². The molecule has 10 nitrogen and oxygen atoms in total. The molecule has 4 atom stereocenters. The zero-order chi connectivity index (χ0) is 31.7. The average Bonchev–Trinajstić information content (AvgIpc) is 3.79. The van der Waals surface area contributed by atoms with Crippen LogP contribution in [0.25, 0.3) is 0 Å². The van der Waals surface area contributed by atoms with E-state index in [-0.39, 0.29) is 49.8 Å². The number of hydrogen-bond donors (Lipinski definition) is 3. The molecular formula is C34H38N2O8. The molecule has 1 saturated heterocycles. The smallest absolute Gasteiger partial charge is 0.408 e. The first kappa shape index (κ1) is 32.2. The lowest BCUT2D eigenvalue weighted by molar-refractivity contribution is -0.134. The summed E-state index contributed by atoms with van der Waals surface area (Å²) in [6.45, 7) is 3.52. The predicted molar refractivity (Wildman–Crippen MR) is 162 cm³/mol. The Morgan fingerprint density at radius 2 is 1.50 bits per heavy atom. The maximum Gasteiger partial charge on any atom is 0.408 e. The van der Waals surface area contributed by atoms with Crippen molar-refractivity contribution in [1.82, 2.24) is 10.6 Å². The van der Waals surface area contributed by atoms with Crippen molar-refractivity contribution >= 4 is 23.6 Å². The lowest BCUT2D eigenvalue weighted by atomic mass is 9.89. The van der Waals surface area contributed by atoms with Crippen molar-refractivity contribution < 1.29 is 38.5 Å². The molecule has 0 saturated carbocycles. The Labute approximate surface area is 256 Å². The Morgan fingerprint density at radius 3 is 2.11 bits per heavy atom. The molecule has 3 aromatic carbocycles. The number of epoxide rings is 1. The number of hydrogen-bond acceptors (Lipinski definition) is 8. The molecule has 232 valence electrons. The van der Waals surface area contributed by atoms with Crippen LogP contribution in [0.2, 0.25) is 0 Å². The second-order valence-corrected chi connectivity index (χ2v) is 11.2. The number of ether oxygens (including phenoxy) is 3. The average molecular weight is 603 g/mol. The summed E-state index contributed by atoms with van der Waals surface area (Å²) >= 11 is 0. The van der Waals surface area contributed by atoms with Gasteiger partial charge in [0.05, 0.1) is 25.8 Å². The lowest BCUT2D eigenvalue weighted by Gasteiger charge is -2.24. The minimum atomic E-state index is -0.991. The number of phenolic OH excluding ortho intramolecular Hbond substituents is 1. The minimum Gasteiger partial charge on any atom is -0.508 e. The highest BCUT2D eigenvalue weighted by molar-refractivity contribution is 5.98. The summed E-state index contributed by atoms with van der Waals surface area (Å²) in [5.74, 6) is -1.23. The summed E-state index contributed by atoms with van der Waals surface area (Å²) in [7, 11) is 1.55. The first-order valence-corrected chi connectivity index (χ1v) is 14.5. The number of phenols is 1. The number of alkyl carbamates (subject to hydrolysis) is 1. The van der Waals surface area contributed by atoms with E-state index < -0.39 is 35.6 Å². The quantitative estimate of drug-likeness (QED) is 0.222. The molecular weight excluding hydrogens is 564 g/mol. The van der Waals surface area contributed by atoms with Gasteiger partial charge in [0, 0.05) is 12.3 Å². The third-order valence-electron chi connectivity index (χ3n) is 7.60. The Morgan fingerprint density at radius 1 is 0.886 bits per heavy atom. The molecule has 0 bridgehead atoms. The minimum absolute atomic E-state index is 0.0508. The Bertz CT molecular complexity index is 1440. The number of benzene rings is 3. The molecule has 44 heavy (non-hydrogen) atoms. The highest BCUT2D eigenvalue weighted by Crippen LogP contribution is 2.29. The van der Waals surface area contributed by atoms with Gasteiger partial charge in [0.2, 0.25) is 5.91 Å². The molecule has 3 N–H and O–H groups in total. The Hall–Kier alpha value is -4.70. The van der Waals surface area contributed by atoms with E-state index in [4.69, 9.17) is 14.2 Å². The first-order valence-electron chi connectivity index (χ1n) is 14.5. The lowest BCUT2D eigenvalue weighted by Crippen LogP contribution is -2.50. The van der Waals surface area contributed by atoms with E-state index in [1.807, 2.05) is 42.5 Å². The maximum absolute atomic E-state index is 13.8. The van der Waals surface area contributed by atoms with Gasteiger partial charge in [-0.3, -0.25) is 14.4 Å². The fourth-order valence-corrected chi connectivity index (χ4v) is 4.73. The summed E-state index contributed by atoms with van der Waals surface area (Å²) in [5, 5.41) is 15.1. The third-order valence-corrected chi connectivity index (χ3v) is 7.60. The van der Waals surface area contributed by atoms with E-state index in [0.29, 0.717) is 5.75 Å². The van der Waals surface area contributed by atoms with Gasteiger partial charge in [-0.05, 0) is 67.6 Å². The van der Waals surface area contributed by atoms with Gasteiger partial charge in [-0.15, -0.1) is 0 Å². The summed E-state index contributed by atoms with van der Waals surface area (Å²) < 4.78 is 15.9. The number of Topliss-reactive ketones (excluding diaryl/α,β-unsaturated/α-hetero) is 2. The summed E-state index contributed by atoms with van der Waals surface area (Å²) in [5.41, 5.74) is 1.34. The molecule has 0 radical (unpaired) electrons. The van der Waals surface area contributed by atoms with Crippen molar-refractivity contribution in [3.05, 3.63) is 95.6 Å². The number of ketones is 2. The van der Waals surface area contributed by atoms with Crippen molar-refractivity contribution in [1.29, 1.82) is 0 Å². The van der Waals surface area contributed by atoms with Gasteiger partial charge in [-0.2, -0.15) is 0 Å². The molecule has 3 aromatic rings. The summed E-state index contributed by atoms with van der Waals surface area (Å²) in [4.78, 5) is 52.8. The number of nitrogens with one attached hydrogen (secondary N) is 2. The number of carbonyl (C=O) groups excluding carboxylic acids is 4. The van der Waals surface area contributed by atoms with Crippen molar-refractivity contribution in [2.24, 2.45) is 5.92 Å². The van der Waals surface area contributed by atoms with Crippen LogP contribution in [0.1, 0.15) is 37.0 Å². The van der Waals surface area contributed by atoms with E-state index in [2.05, 4.69) is 10.6 Å². The van der Waals surface area contributed by atoms with Crippen LogP contribution in [0, 0.1) is 5.92 Å². The second kappa shape index (κ2) is 14.7. The van der Waals surface area contributed by atoms with Crippen LogP contribution in [0.5, 0.6) is 11.5 Å². The molecule has 2 amide bonds. The van der Waals surface area contributed by atoms with Crippen molar-refractivity contribution in [3.63, 3.8) is 0 Å². The van der Waals surface area contributed by atoms with Crippen LogP contribution in [-0.4, -0.2) is 60.1 Å². The molecule has 1 aliphatic heterocycles. The molecule has 10 heteroatoms. The fourth-order valence-electron chi connectivity index (χ4n) is 4.73. The zero-order valence-corrected chi connectivity index (χ0v) is 25.1. The molecule has 1 fully saturated rings. The van der Waals surface area contributed by atoms with E-state index in [1.165, 1.54) is 19.1 Å². The topological polar surface area (TPSA) is 144 Å². The molecule has 2 unspecified atom stereocenters. The van der Waals surface area contributed by atoms with Gasteiger partial charge < -0.3 is 30.0 Å². The monoisotopic (exact) mass is 602 g/mol. The van der Waals surface area contributed by atoms with E-state index in [9.17, 15) is 24.3 Å². The van der Waals surface area contributed by atoms with Crippen LogP contribution in [0.4, 0.5) is 4.79 Å². The molecule has 1 aliphatic rings. The summed E-state index contributed by atoms with van der Waals surface area (Å²) in [6.07, 6.45) is -0.548. The van der Waals surface area contributed by atoms with Crippen LogP contribution in [-0.2, 0) is 43.3 Å². The van der Waals surface area contributed by atoms with E-state index in [1.54, 1.807) is 38.3 Å². The van der Waals surface area contributed by atoms with Crippen LogP contribution in [0.3, 0.4) is 0 Å². The van der Waals surface area contributed by atoms with Gasteiger partial charge in [0.1, 0.15) is 23.7 Å². The van der Waals surface area contributed by atoms with Gasteiger partial charge in [0.15, 0.2) is 11.6 Å². The van der Waals surface area contributed by atoms with E-state index in [0.717, 1.165) is 16.7 Å². The van der Waals surface area contributed by atoms with Gasteiger partial charge in [-0.25, -0.2) is 4.79 Å². The third kappa shape index (κ3) is 9.15. The van der Waals surface area contributed by atoms with Crippen LogP contribution in [0.15, 0.2) is 78.9 Å². The predicted octanol–water partition coefficient (Wildman–Crippen LogP) is 3.92. The highest BCUT2D eigenvalue weighted by atomic mass is 16.6. The van der Waals surface area contributed by atoms with Gasteiger partial charge in [-0.1, -0.05) is 54.6 Å². The highest BCUT2D eigenvalue weighted by Gasteiger charge is 2.50. The Balaban J connectivity index is 1.46. The molecule has 1 heterocycles. The molecule has 0 aliphatic carbocycles. The maximum atomic E-state index is 13.8. The fraction of sp³-hybridized carbons (Fsp3) is 0.353. The Kier molecular flexibility index (Phi) is 10.7. The number of amides is 2. The van der Waals surface area contributed by atoms with Crippen LogP contribution >= 0.6 is 0 Å². The number of methoxy groups -OCH3 is 1. The SMILES string of the molecule is COc1ccc(CC(CC(=O)[C@@H](C)NC(=O)OCc2ccccc2)C(=O)N[C@@H](Cc2ccc(O)cc2)C(=O)C2(C)CO2)cc1. The van der Waals surface area contributed by atoms with Crippen molar-refractivity contribution in [3.8, 4) is 11.5 Å². The second-order valence-electron chi connectivity index (χ2n) is 11.2. The van der Waals surface area contributed by atoms with Crippen molar-refractivity contribution in [2.75, 3.05) is 13.7 Å². The first-order chi connectivity index (χ1) is 21.1. The van der Waals surface area contributed by atoms with Crippen molar-refractivity contribution in [2.45, 2.75) is 57.4 Å². The zero-order valence-electron chi connectivity index (χ0n) is 25.1. The number of carbonyl (C=O) groups is 4. The van der Waals surface area contributed by atoms with Gasteiger partial charge >= 0.3 is 6.09 Å². The number of rotatable bonds is 15. The molecule has 0 aromatic heterocycles.